The van der Waals surface area contributed by atoms with Gasteiger partial charge in [0.1, 0.15) is 5.82 Å². The van der Waals surface area contributed by atoms with E-state index in [4.69, 9.17) is 6.42 Å². The van der Waals surface area contributed by atoms with E-state index in [0.717, 1.165) is 5.56 Å². The summed E-state index contributed by atoms with van der Waals surface area (Å²) >= 11 is 0. The summed E-state index contributed by atoms with van der Waals surface area (Å²) in [5.41, 5.74) is 1.42. The second kappa shape index (κ2) is 3.21. The first-order valence-corrected chi connectivity index (χ1v) is 3.53. The van der Waals surface area contributed by atoms with Gasteiger partial charge in [-0.2, -0.15) is 0 Å². The number of benzene rings is 1. The van der Waals surface area contributed by atoms with Crippen molar-refractivity contribution in [1.82, 2.24) is 0 Å². The maximum Gasteiger partial charge on any atom is 0.126 e. The molecule has 0 atom stereocenters. The lowest BCUT2D eigenvalue weighted by Crippen LogP contribution is -1.87. The molecule has 0 aliphatic heterocycles. The Labute approximate surface area is 66.1 Å². The quantitative estimate of drug-likeness (QED) is 0.536. The van der Waals surface area contributed by atoms with E-state index >= 15 is 0 Å². The van der Waals surface area contributed by atoms with E-state index < -0.39 is 0 Å². The molecule has 0 amide bonds. The lowest BCUT2D eigenvalue weighted by Gasteiger charge is -1.98. The van der Waals surface area contributed by atoms with Gasteiger partial charge in [-0.05, 0) is 30.2 Å². The van der Waals surface area contributed by atoms with Gasteiger partial charge in [0.15, 0.2) is 0 Å². The van der Waals surface area contributed by atoms with Gasteiger partial charge in [-0.1, -0.05) is 12.8 Å². The molecule has 0 unspecified atom stereocenters. The van der Waals surface area contributed by atoms with Crippen molar-refractivity contribution < 1.29 is 4.39 Å². The van der Waals surface area contributed by atoms with Crippen molar-refractivity contribution in [2.24, 2.45) is 0 Å². The third-order valence-electron chi connectivity index (χ3n) is 1.59. The van der Waals surface area contributed by atoms with Crippen LogP contribution in [0.5, 0.6) is 0 Å². The SMILES string of the molecule is C#Cc1ccc(F)c(CC)c1. The minimum atomic E-state index is -0.175. The van der Waals surface area contributed by atoms with Crippen LogP contribution >= 0.6 is 0 Å². The lowest BCUT2D eigenvalue weighted by molar-refractivity contribution is 0.612. The molecule has 0 bridgehead atoms. The molecule has 56 valence electrons. The number of rotatable bonds is 1. The van der Waals surface area contributed by atoms with Gasteiger partial charge in [0, 0.05) is 5.56 Å². The van der Waals surface area contributed by atoms with Crippen LogP contribution in [0.25, 0.3) is 0 Å². The predicted octanol–water partition coefficient (Wildman–Crippen LogP) is 2.37. The van der Waals surface area contributed by atoms with Crippen LogP contribution in [0.4, 0.5) is 4.39 Å². The molecule has 1 aromatic rings. The zero-order valence-corrected chi connectivity index (χ0v) is 6.39. The second-order valence-electron chi connectivity index (χ2n) is 2.30. The highest BCUT2D eigenvalue weighted by atomic mass is 19.1. The van der Waals surface area contributed by atoms with Crippen molar-refractivity contribution in [1.29, 1.82) is 0 Å². The average molecular weight is 148 g/mol. The monoisotopic (exact) mass is 148 g/mol. The molecule has 0 aliphatic rings. The summed E-state index contributed by atoms with van der Waals surface area (Å²) in [4.78, 5) is 0. The Bertz CT molecular complexity index is 294. The Morgan fingerprint density at radius 2 is 2.27 bits per heavy atom. The maximum absolute atomic E-state index is 12.8. The summed E-state index contributed by atoms with van der Waals surface area (Å²) in [7, 11) is 0. The van der Waals surface area contributed by atoms with E-state index in [1.165, 1.54) is 6.07 Å². The molecular weight excluding hydrogens is 139 g/mol. The highest BCUT2D eigenvalue weighted by Gasteiger charge is 1.98. The third-order valence-corrected chi connectivity index (χ3v) is 1.59. The molecule has 0 radical (unpaired) electrons. The number of hydrogen-bond acceptors (Lipinski definition) is 0. The second-order valence-corrected chi connectivity index (χ2v) is 2.30. The molecule has 1 heteroatoms. The van der Waals surface area contributed by atoms with E-state index in [0.29, 0.717) is 12.0 Å². The van der Waals surface area contributed by atoms with E-state index in [9.17, 15) is 4.39 Å². The Morgan fingerprint density at radius 1 is 1.55 bits per heavy atom. The molecule has 0 fully saturated rings. The molecule has 1 rings (SSSR count). The topological polar surface area (TPSA) is 0 Å². The van der Waals surface area contributed by atoms with Gasteiger partial charge in [-0.15, -0.1) is 6.42 Å². The zero-order valence-electron chi connectivity index (χ0n) is 6.39. The van der Waals surface area contributed by atoms with E-state index in [1.54, 1.807) is 12.1 Å². The zero-order chi connectivity index (χ0) is 8.27. The first kappa shape index (κ1) is 7.81. The first-order valence-electron chi connectivity index (χ1n) is 3.53. The van der Waals surface area contributed by atoms with Gasteiger partial charge in [0.25, 0.3) is 0 Å². The molecule has 0 nitrogen and oxygen atoms in total. The molecule has 0 N–H and O–H groups in total. The van der Waals surface area contributed by atoms with E-state index in [-0.39, 0.29) is 5.82 Å². The molecule has 0 spiro atoms. The molecule has 11 heavy (non-hydrogen) atoms. The van der Waals surface area contributed by atoms with Crippen molar-refractivity contribution in [2.75, 3.05) is 0 Å². The van der Waals surface area contributed by atoms with Gasteiger partial charge in [0.05, 0.1) is 0 Å². The van der Waals surface area contributed by atoms with Crippen LogP contribution in [-0.2, 0) is 6.42 Å². The van der Waals surface area contributed by atoms with Crippen molar-refractivity contribution in [2.45, 2.75) is 13.3 Å². The summed E-state index contributed by atoms with van der Waals surface area (Å²) < 4.78 is 12.8. The number of aryl methyl sites for hydroxylation is 1. The van der Waals surface area contributed by atoms with Gasteiger partial charge < -0.3 is 0 Å². The van der Waals surface area contributed by atoms with Crippen LogP contribution in [0, 0.1) is 18.2 Å². The van der Waals surface area contributed by atoms with Crippen molar-refractivity contribution in [3.8, 4) is 12.3 Å². The minimum Gasteiger partial charge on any atom is -0.207 e. The Hall–Kier alpha value is -1.29. The fraction of sp³-hybridized carbons (Fsp3) is 0.200. The van der Waals surface area contributed by atoms with Crippen molar-refractivity contribution >= 4 is 0 Å². The standard InChI is InChI=1S/C10H9F/c1-3-8-5-6-10(11)9(4-2)7-8/h1,5-7H,4H2,2H3. The van der Waals surface area contributed by atoms with E-state index in [2.05, 4.69) is 5.92 Å². The van der Waals surface area contributed by atoms with Crippen LogP contribution in [0.2, 0.25) is 0 Å². The molecule has 0 aromatic heterocycles. The molecule has 0 heterocycles. The van der Waals surface area contributed by atoms with Gasteiger partial charge >= 0.3 is 0 Å². The van der Waals surface area contributed by atoms with Crippen molar-refractivity contribution in [3.63, 3.8) is 0 Å². The molecule has 0 aliphatic carbocycles. The Morgan fingerprint density at radius 3 is 2.82 bits per heavy atom. The lowest BCUT2D eigenvalue weighted by atomic mass is 10.1. The van der Waals surface area contributed by atoms with Gasteiger partial charge in [-0.25, -0.2) is 4.39 Å². The van der Waals surface area contributed by atoms with Crippen LogP contribution in [0.3, 0.4) is 0 Å². The van der Waals surface area contributed by atoms with Crippen LogP contribution in [0.1, 0.15) is 18.1 Å². The first-order chi connectivity index (χ1) is 5.27. The van der Waals surface area contributed by atoms with Crippen LogP contribution in [0.15, 0.2) is 18.2 Å². The molecule has 0 saturated heterocycles. The Kier molecular flexibility index (Phi) is 2.28. The summed E-state index contributed by atoms with van der Waals surface area (Å²) in [6.45, 7) is 1.90. The predicted molar refractivity (Wildman–Crippen MR) is 43.7 cm³/mol. The largest absolute Gasteiger partial charge is 0.207 e. The smallest absolute Gasteiger partial charge is 0.126 e. The third kappa shape index (κ3) is 1.59. The summed E-state index contributed by atoms with van der Waals surface area (Å²) in [6, 6.07) is 4.72. The summed E-state index contributed by atoms with van der Waals surface area (Å²) in [6.07, 6.45) is 5.83. The fourth-order valence-corrected chi connectivity index (χ4v) is 0.935. The number of hydrogen-bond donors (Lipinski definition) is 0. The average Bonchev–Trinajstić information content (AvgIpc) is 2.05. The van der Waals surface area contributed by atoms with Crippen LogP contribution in [-0.4, -0.2) is 0 Å². The highest BCUT2D eigenvalue weighted by Crippen LogP contribution is 2.09. The highest BCUT2D eigenvalue weighted by molar-refractivity contribution is 5.35. The minimum absolute atomic E-state index is 0.175. The molecular formula is C10H9F. The summed E-state index contributed by atoms with van der Waals surface area (Å²) in [5.74, 6) is 2.29. The molecule has 0 saturated carbocycles. The van der Waals surface area contributed by atoms with E-state index in [1.807, 2.05) is 6.92 Å². The summed E-state index contributed by atoms with van der Waals surface area (Å²) in [5, 5.41) is 0. The molecule has 1 aromatic carbocycles. The van der Waals surface area contributed by atoms with Crippen molar-refractivity contribution in [3.05, 3.63) is 35.1 Å². The maximum atomic E-state index is 12.8. The number of terminal acetylenes is 1. The Balaban J connectivity index is 3.15. The van der Waals surface area contributed by atoms with Gasteiger partial charge in [0.2, 0.25) is 0 Å². The normalized spacial score (nSPS) is 9.18. The van der Waals surface area contributed by atoms with Crippen LogP contribution < -0.4 is 0 Å². The fourth-order valence-electron chi connectivity index (χ4n) is 0.935. The number of halogens is 1. The van der Waals surface area contributed by atoms with Gasteiger partial charge in [-0.3, -0.25) is 0 Å².